The highest BCUT2D eigenvalue weighted by atomic mass is 16.6. The number of aliphatic hydroxyl groups excluding tert-OH is 1. The van der Waals surface area contributed by atoms with Crippen molar-refractivity contribution in [2.24, 2.45) is 16.8 Å². The molecule has 1 aliphatic carbocycles. The third-order valence-corrected chi connectivity index (χ3v) is 11.3. The van der Waals surface area contributed by atoms with Crippen molar-refractivity contribution in [3.05, 3.63) is 52.6 Å². The van der Waals surface area contributed by atoms with Crippen molar-refractivity contribution in [3.8, 4) is 0 Å². The maximum atomic E-state index is 13.0. The standard InChI is InChI=1S/C43H64N8O9/c1-7-29-24-32(34(47-28(4)52)37(27(29)3)60-42(56)30-18-12-11-13-19-30)57-22-17-14-20-33(53)44-21-15-9-10-16-23-58-38-31(8-2)59-41(36(38)54)51-26-45-35-39(51)48-43(49-40(35)55)46-25-50(5)6/h11-13,18-19,25-27,29,31-32,34,36-38,41,54H,7-10,14-17,20-24H2,1-6H3,(H,44,53)(H,47,52)(H,48,49,55)/b46-25+/t27-,29-,31+,32+,34-,36-,37-,38?,41+/m0/s1. The minimum absolute atomic E-state index is 0.00161. The van der Waals surface area contributed by atoms with E-state index >= 15 is 0 Å². The Labute approximate surface area is 352 Å². The summed E-state index contributed by atoms with van der Waals surface area (Å²) in [6.07, 6.45) is 6.80. The van der Waals surface area contributed by atoms with E-state index in [0.717, 1.165) is 38.5 Å². The van der Waals surface area contributed by atoms with Gasteiger partial charge in [-0.1, -0.05) is 58.2 Å². The summed E-state index contributed by atoms with van der Waals surface area (Å²) in [5, 5.41) is 17.3. The van der Waals surface area contributed by atoms with Crippen LogP contribution in [0.3, 0.4) is 0 Å². The average Bonchev–Trinajstić information content (AvgIpc) is 3.80. The van der Waals surface area contributed by atoms with Gasteiger partial charge in [0.25, 0.3) is 5.56 Å². The van der Waals surface area contributed by atoms with Crippen LogP contribution in [0, 0.1) is 11.8 Å². The van der Waals surface area contributed by atoms with Gasteiger partial charge in [-0.05, 0) is 62.5 Å². The molecule has 17 heteroatoms. The summed E-state index contributed by atoms with van der Waals surface area (Å²) in [6.45, 7) is 9.07. The van der Waals surface area contributed by atoms with E-state index in [4.69, 9.17) is 18.9 Å². The molecule has 2 aromatic heterocycles. The van der Waals surface area contributed by atoms with E-state index in [1.54, 1.807) is 47.8 Å². The van der Waals surface area contributed by atoms with Crippen molar-refractivity contribution < 1.29 is 38.4 Å². The number of unbranched alkanes of at least 4 members (excludes halogenated alkanes) is 4. The molecule has 1 aliphatic heterocycles. The van der Waals surface area contributed by atoms with Crippen LogP contribution in [0.2, 0.25) is 0 Å². The Hall–Kier alpha value is -4.71. The van der Waals surface area contributed by atoms with Gasteiger partial charge in [0, 0.05) is 47.2 Å². The van der Waals surface area contributed by atoms with Crippen molar-refractivity contribution in [2.45, 2.75) is 135 Å². The fourth-order valence-electron chi connectivity index (χ4n) is 8.09. The van der Waals surface area contributed by atoms with E-state index in [2.05, 4.69) is 44.4 Å². The molecule has 2 fully saturated rings. The van der Waals surface area contributed by atoms with E-state index < -0.39 is 42.1 Å². The molecule has 17 nitrogen and oxygen atoms in total. The van der Waals surface area contributed by atoms with Gasteiger partial charge in [0.15, 0.2) is 17.4 Å². The minimum Gasteiger partial charge on any atom is -0.456 e. The molecule has 3 heterocycles. The molecule has 0 bridgehead atoms. The van der Waals surface area contributed by atoms with Gasteiger partial charge in [-0.3, -0.25) is 23.9 Å². The van der Waals surface area contributed by atoms with Gasteiger partial charge in [0.2, 0.25) is 17.8 Å². The average molecular weight is 837 g/mol. The number of H-pyrrole nitrogens is 1. The van der Waals surface area contributed by atoms with E-state index in [9.17, 15) is 24.3 Å². The number of aromatic amines is 1. The van der Waals surface area contributed by atoms with E-state index in [0.29, 0.717) is 51.0 Å². The molecule has 0 radical (unpaired) electrons. The monoisotopic (exact) mass is 836 g/mol. The van der Waals surface area contributed by atoms with Gasteiger partial charge in [-0.15, -0.1) is 0 Å². The Balaban J connectivity index is 0.976. The van der Waals surface area contributed by atoms with Crippen LogP contribution in [-0.4, -0.2) is 124 Å². The number of hydrogen-bond donors (Lipinski definition) is 4. The molecular weight excluding hydrogens is 773 g/mol. The molecule has 1 saturated heterocycles. The Morgan fingerprint density at radius 2 is 1.77 bits per heavy atom. The first-order chi connectivity index (χ1) is 28.9. The molecule has 330 valence electrons. The second kappa shape index (κ2) is 22.8. The fraction of sp³-hybridized carbons (Fsp3) is 0.651. The van der Waals surface area contributed by atoms with Crippen LogP contribution in [0.1, 0.15) is 108 Å². The number of rotatable bonds is 22. The Morgan fingerprint density at radius 3 is 2.48 bits per heavy atom. The number of fused-ring (bicyclic) bond motifs is 1. The van der Waals surface area contributed by atoms with Gasteiger partial charge < -0.3 is 39.6 Å². The van der Waals surface area contributed by atoms with Crippen LogP contribution in [0.25, 0.3) is 11.2 Å². The number of aromatic nitrogens is 4. The molecule has 1 aromatic carbocycles. The summed E-state index contributed by atoms with van der Waals surface area (Å²) in [5.41, 5.74) is 0.415. The number of ether oxygens (including phenoxy) is 4. The van der Waals surface area contributed by atoms with E-state index in [1.807, 2.05) is 13.0 Å². The lowest BCUT2D eigenvalue weighted by atomic mass is 9.73. The summed E-state index contributed by atoms with van der Waals surface area (Å²) in [7, 11) is 3.61. The molecule has 3 aromatic rings. The second-order valence-electron chi connectivity index (χ2n) is 16.1. The number of aliphatic imine (C=N–C) groups is 1. The maximum absolute atomic E-state index is 13.0. The summed E-state index contributed by atoms with van der Waals surface area (Å²) in [5.74, 6) is -0.219. The van der Waals surface area contributed by atoms with Crippen molar-refractivity contribution in [2.75, 3.05) is 33.9 Å². The Bertz CT molecular complexity index is 1920. The van der Waals surface area contributed by atoms with Crippen molar-refractivity contribution in [1.82, 2.24) is 35.1 Å². The number of benzene rings is 1. The van der Waals surface area contributed by atoms with Gasteiger partial charge in [0.1, 0.15) is 18.3 Å². The fourth-order valence-corrected chi connectivity index (χ4v) is 8.09. The Kier molecular flexibility index (Phi) is 17.6. The third-order valence-electron chi connectivity index (χ3n) is 11.3. The molecule has 4 N–H and O–H groups in total. The SMILES string of the molecule is CC[C@H]1C[C@@H](OCCCCC(=O)NCCCCCCOC2[C@@H](CC)O[C@@H](n3cnc4c(=O)[nH]c(/N=C/N(C)C)nc43)[C@H]2O)[C@H](NC(C)=O)[C@@H](OC(=O)c2ccccc2)[C@H]1C. The zero-order valence-corrected chi connectivity index (χ0v) is 35.9. The van der Waals surface area contributed by atoms with Crippen molar-refractivity contribution >= 4 is 41.2 Å². The summed E-state index contributed by atoms with van der Waals surface area (Å²) >= 11 is 0. The number of carbonyl (C=O) groups is 3. The number of imidazole rings is 1. The van der Waals surface area contributed by atoms with Crippen LogP contribution >= 0.6 is 0 Å². The zero-order chi connectivity index (χ0) is 43.2. The highest BCUT2D eigenvalue weighted by molar-refractivity contribution is 5.89. The van der Waals surface area contributed by atoms with Crippen LogP contribution in [0.5, 0.6) is 0 Å². The lowest BCUT2D eigenvalue weighted by Gasteiger charge is -2.45. The van der Waals surface area contributed by atoms with Gasteiger partial charge in [-0.2, -0.15) is 4.98 Å². The van der Waals surface area contributed by atoms with E-state index in [-0.39, 0.29) is 53.0 Å². The van der Waals surface area contributed by atoms with Crippen molar-refractivity contribution in [3.63, 3.8) is 0 Å². The first-order valence-corrected chi connectivity index (χ1v) is 21.5. The van der Waals surface area contributed by atoms with E-state index in [1.165, 1.54) is 19.6 Å². The second-order valence-corrected chi connectivity index (χ2v) is 16.1. The molecule has 2 amide bonds. The number of hydrogen-bond acceptors (Lipinski definition) is 12. The molecule has 9 atom stereocenters. The quantitative estimate of drug-likeness (QED) is 0.0480. The number of amides is 2. The molecule has 1 unspecified atom stereocenters. The van der Waals surface area contributed by atoms with Gasteiger partial charge >= 0.3 is 5.97 Å². The predicted octanol–water partition coefficient (Wildman–Crippen LogP) is 4.42. The smallest absolute Gasteiger partial charge is 0.338 e. The number of nitrogens with one attached hydrogen (secondary N) is 3. The van der Waals surface area contributed by atoms with Gasteiger partial charge in [0.05, 0.1) is 36.5 Å². The summed E-state index contributed by atoms with van der Waals surface area (Å²) in [4.78, 5) is 67.7. The van der Waals surface area contributed by atoms with Crippen LogP contribution in [0.4, 0.5) is 5.95 Å². The largest absolute Gasteiger partial charge is 0.456 e. The molecule has 2 aliphatic rings. The number of aliphatic hydroxyl groups is 1. The molecule has 1 saturated carbocycles. The normalized spacial score (nSPS) is 25.4. The van der Waals surface area contributed by atoms with Gasteiger partial charge in [-0.25, -0.2) is 14.8 Å². The lowest BCUT2D eigenvalue weighted by molar-refractivity contribution is -0.129. The Morgan fingerprint density at radius 1 is 1.03 bits per heavy atom. The predicted molar refractivity (Wildman–Crippen MR) is 226 cm³/mol. The number of nitrogens with zero attached hydrogens (tertiary/aromatic N) is 5. The molecule has 0 spiro atoms. The number of esters is 1. The highest BCUT2D eigenvalue weighted by Gasteiger charge is 2.46. The first-order valence-electron chi connectivity index (χ1n) is 21.5. The van der Waals surface area contributed by atoms with Crippen LogP contribution < -0.4 is 16.2 Å². The third kappa shape index (κ3) is 12.4. The topological polar surface area (TPSA) is 212 Å². The summed E-state index contributed by atoms with van der Waals surface area (Å²) < 4.78 is 26.3. The first kappa shape index (κ1) is 46.4. The molecule has 60 heavy (non-hydrogen) atoms. The maximum Gasteiger partial charge on any atom is 0.338 e. The zero-order valence-electron chi connectivity index (χ0n) is 35.9. The van der Waals surface area contributed by atoms with Crippen LogP contribution in [-0.2, 0) is 28.5 Å². The number of carbonyl (C=O) groups excluding carboxylic acids is 3. The minimum atomic E-state index is -1.00. The van der Waals surface area contributed by atoms with Crippen LogP contribution in [0.15, 0.2) is 46.4 Å². The molecular formula is C43H64N8O9. The molecule has 5 rings (SSSR count). The lowest BCUT2D eigenvalue weighted by Crippen LogP contribution is -2.59. The van der Waals surface area contributed by atoms with Crippen molar-refractivity contribution in [1.29, 1.82) is 0 Å². The highest BCUT2D eigenvalue weighted by Crippen LogP contribution is 2.37. The summed E-state index contributed by atoms with van der Waals surface area (Å²) in [6, 6.07) is 8.39.